The number of anilines is 1. The van der Waals surface area contributed by atoms with E-state index in [4.69, 9.17) is 10.5 Å². The highest BCUT2D eigenvalue weighted by atomic mass is 32.2. The van der Waals surface area contributed by atoms with Crippen molar-refractivity contribution in [1.82, 2.24) is 4.98 Å². The highest BCUT2D eigenvalue weighted by Crippen LogP contribution is 2.15. The summed E-state index contributed by atoms with van der Waals surface area (Å²) in [7, 11) is -2.01. The van der Waals surface area contributed by atoms with Gasteiger partial charge >= 0.3 is 0 Å². The van der Waals surface area contributed by atoms with Crippen molar-refractivity contribution in [3.05, 3.63) is 53.7 Å². The van der Waals surface area contributed by atoms with Crippen LogP contribution in [-0.4, -0.2) is 20.5 Å². The number of methoxy groups -OCH3 is 1. The van der Waals surface area contributed by atoms with Gasteiger partial charge in [-0.1, -0.05) is 24.3 Å². The Morgan fingerprint density at radius 3 is 2.62 bits per heavy atom. The van der Waals surface area contributed by atoms with Gasteiger partial charge in [0.05, 0.1) is 24.7 Å². The van der Waals surface area contributed by atoms with E-state index in [1.54, 1.807) is 30.3 Å². The van der Waals surface area contributed by atoms with E-state index in [-0.39, 0.29) is 5.75 Å². The Balaban J connectivity index is 2.10. The lowest BCUT2D eigenvalue weighted by molar-refractivity contribution is 0.398. The van der Waals surface area contributed by atoms with Crippen LogP contribution in [0.2, 0.25) is 0 Å². The molecular weight excluding hydrogens is 290 g/mol. The van der Waals surface area contributed by atoms with Crippen LogP contribution >= 0.6 is 0 Å². The van der Waals surface area contributed by atoms with Crippen LogP contribution in [0.5, 0.6) is 5.88 Å². The van der Waals surface area contributed by atoms with Crippen LogP contribution in [0, 0.1) is 0 Å². The van der Waals surface area contributed by atoms with E-state index in [1.807, 2.05) is 6.07 Å². The second-order valence-corrected chi connectivity index (χ2v) is 6.20. The predicted octanol–water partition coefficient (Wildman–Crippen LogP) is 1.49. The molecule has 21 heavy (non-hydrogen) atoms. The summed E-state index contributed by atoms with van der Waals surface area (Å²) in [6, 6.07) is 10.4. The summed E-state index contributed by atoms with van der Waals surface area (Å²) < 4.78 is 31.6. The van der Waals surface area contributed by atoms with Gasteiger partial charge in [-0.2, -0.15) is 0 Å². The summed E-state index contributed by atoms with van der Waals surface area (Å²) in [6.45, 7) is 0.379. The maximum absolute atomic E-state index is 12.1. The molecule has 7 heteroatoms. The summed E-state index contributed by atoms with van der Waals surface area (Å²) in [4.78, 5) is 3.95. The zero-order chi connectivity index (χ0) is 15.3. The third-order valence-electron chi connectivity index (χ3n) is 2.80. The first-order valence-electron chi connectivity index (χ1n) is 6.31. The van der Waals surface area contributed by atoms with Crippen LogP contribution in [0.15, 0.2) is 42.6 Å². The quantitative estimate of drug-likeness (QED) is 0.843. The first-order chi connectivity index (χ1) is 10.0. The molecule has 112 valence electrons. The van der Waals surface area contributed by atoms with Gasteiger partial charge in [-0.3, -0.25) is 4.72 Å². The first-order valence-corrected chi connectivity index (χ1v) is 7.96. The molecule has 0 saturated carbocycles. The Morgan fingerprint density at radius 2 is 2.00 bits per heavy atom. The molecule has 0 bridgehead atoms. The smallest absolute Gasteiger partial charge is 0.236 e. The van der Waals surface area contributed by atoms with Crippen LogP contribution in [0.3, 0.4) is 0 Å². The summed E-state index contributed by atoms with van der Waals surface area (Å²) in [5.41, 5.74) is 7.53. The normalized spacial score (nSPS) is 11.1. The van der Waals surface area contributed by atoms with Gasteiger partial charge in [-0.25, -0.2) is 13.4 Å². The number of ether oxygens (including phenoxy) is 1. The average molecular weight is 307 g/mol. The molecule has 0 spiro atoms. The fourth-order valence-corrected chi connectivity index (χ4v) is 3.01. The number of rotatable bonds is 6. The zero-order valence-corrected chi connectivity index (χ0v) is 12.4. The highest BCUT2D eigenvalue weighted by Gasteiger charge is 2.12. The lowest BCUT2D eigenvalue weighted by atomic mass is 10.1. The second-order valence-electron chi connectivity index (χ2n) is 4.47. The minimum Gasteiger partial charge on any atom is -0.481 e. The van der Waals surface area contributed by atoms with Crippen LogP contribution < -0.4 is 15.2 Å². The van der Waals surface area contributed by atoms with Gasteiger partial charge < -0.3 is 10.5 Å². The minimum atomic E-state index is -3.50. The SMILES string of the molecule is COc1ccc(NS(=O)(=O)Cc2cccc(CN)c2)cn1. The summed E-state index contributed by atoms with van der Waals surface area (Å²) >= 11 is 0. The molecule has 0 aliphatic rings. The molecule has 2 aromatic rings. The summed E-state index contributed by atoms with van der Waals surface area (Å²) in [5.74, 6) is 0.306. The van der Waals surface area contributed by atoms with Gasteiger partial charge in [-0.05, 0) is 17.2 Å². The van der Waals surface area contributed by atoms with Gasteiger partial charge in [0.2, 0.25) is 15.9 Å². The van der Waals surface area contributed by atoms with Crippen molar-refractivity contribution in [2.45, 2.75) is 12.3 Å². The highest BCUT2D eigenvalue weighted by molar-refractivity contribution is 7.91. The van der Waals surface area contributed by atoms with Crippen molar-refractivity contribution in [1.29, 1.82) is 0 Å². The molecule has 0 aliphatic heterocycles. The molecule has 0 aliphatic carbocycles. The molecule has 6 nitrogen and oxygen atoms in total. The van der Waals surface area contributed by atoms with Crippen LogP contribution in [0.25, 0.3) is 0 Å². The molecule has 0 atom stereocenters. The third-order valence-corrected chi connectivity index (χ3v) is 4.06. The van der Waals surface area contributed by atoms with E-state index in [0.29, 0.717) is 23.7 Å². The number of nitrogens with one attached hydrogen (secondary N) is 1. The molecule has 1 aromatic carbocycles. The zero-order valence-electron chi connectivity index (χ0n) is 11.6. The molecule has 3 N–H and O–H groups in total. The second kappa shape index (κ2) is 6.55. The van der Waals surface area contributed by atoms with Gasteiger partial charge in [0, 0.05) is 12.6 Å². The van der Waals surface area contributed by atoms with Crippen molar-refractivity contribution in [2.24, 2.45) is 5.73 Å². The summed E-state index contributed by atoms with van der Waals surface area (Å²) in [5, 5.41) is 0. The molecule has 0 fully saturated rings. The molecular formula is C14H17N3O3S. The number of sulfonamides is 1. The standard InChI is InChI=1S/C14H17N3O3S/c1-20-14-6-5-13(9-16-14)17-21(18,19)10-12-4-2-3-11(7-12)8-15/h2-7,9,17H,8,10,15H2,1H3. The lowest BCUT2D eigenvalue weighted by Gasteiger charge is -2.09. The minimum absolute atomic E-state index is 0.118. The number of hydrogen-bond donors (Lipinski definition) is 2. The van der Waals surface area contributed by atoms with E-state index in [2.05, 4.69) is 9.71 Å². The largest absolute Gasteiger partial charge is 0.481 e. The van der Waals surface area contributed by atoms with Crippen molar-refractivity contribution in [3.8, 4) is 5.88 Å². The molecule has 0 radical (unpaired) electrons. The Kier molecular flexibility index (Phi) is 4.77. The van der Waals surface area contributed by atoms with Crippen molar-refractivity contribution in [3.63, 3.8) is 0 Å². The van der Waals surface area contributed by atoms with Crippen molar-refractivity contribution >= 4 is 15.7 Å². The molecule has 0 saturated heterocycles. The number of nitrogens with zero attached hydrogens (tertiary/aromatic N) is 1. The number of pyridine rings is 1. The Bertz CT molecular complexity index is 700. The van der Waals surface area contributed by atoms with Gasteiger partial charge in [-0.15, -0.1) is 0 Å². The number of aromatic nitrogens is 1. The topological polar surface area (TPSA) is 94.3 Å². The molecule has 1 aromatic heterocycles. The maximum atomic E-state index is 12.1. The third kappa shape index (κ3) is 4.44. The monoisotopic (exact) mass is 307 g/mol. The van der Waals surface area contributed by atoms with Crippen molar-refractivity contribution < 1.29 is 13.2 Å². The molecule has 1 heterocycles. The van der Waals surface area contributed by atoms with Crippen LogP contribution in [-0.2, 0) is 22.3 Å². The summed E-state index contributed by atoms with van der Waals surface area (Å²) in [6.07, 6.45) is 1.41. The van der Waals surface area contributed by atoms with Crippen LogP contribution in [0.1, 0.15) is 11.1 Å². The average Bonchev–Trinajstić information content (AvgIpc) is 2.47. The van der Waals surface area contributed by atoms with Crippen molar-refractivity contribution in [2.75, 3.05) is 11.8 Å². The van der Waals surface area contributed by atoms with Gasteiger partial charge in [0.15, 0.2) is 0 Å². The number of benzene rings is 1. The van der Waals surface area contributed by atoms with E-state index in [9.17, 15) is 8.42 Å². The maximum Gasteiger partial charge on any atom is 0.236 e. The predicted molar refractivity (Wildman–Crippen MR) is 81.4 cm³/mol. The molecule has 0 unspecified atom stereocenters. The van der Waals surface area contributed by atoms with E-state index in [0.717, 1.165) is 5.56 Å². The first kappa shape index (κ1) is 15.3. The van der Waals surface area contributed by atoms with Crippen LogP contribution in [0.4, 0.5) is 5.69 Å². The van der Waals surface area contributed by atoms with E-state index >= 15 is 0 Å². The lowest BCUT2D eigenvalue weighted by Crippen LogP contribution is -2.15. The Hall–Kier alpha value is -2.12. The molecule has 2 rings (SSSR count). The van der Waals surface area contributed by atoms with Gasteiger partial charge in [0.25, 0.3) is 0 Å². The van der Waals surface area contributed by atoms with E-state index in [1.165, 1.54) is 13.3 Å². The van der Waals surface area contributed by atoms with E-state index < -0.39 is 10.0 Å². The van der Waals surface area contributed by atoms with Gasteiger partial charge in [0.1, 0.15) is 0 Å². The Labute approximate surface area is 124 Å². The number of nitrogens with two attached hydrogens (primary N) is 1. The fraction of sp³-hybridized carbons (Fsp3) is 0.214. The fourth-order valence-electron chi connectivity index (χ4n) is 1.84. The number of hydrogen-bond acceptors (Lipinski definition) is 5. The Morgan fingerprint density at radius 1 is 1.24 bits per heavy atom. The molecule has 0 amide bonds.